The summed E-state index contributed by atoms with van der Waals surface area (Å²) in [6, 6.07) is 14.4. The van der Waals surface area contributed by atoms with Crippen molar-refractivity contribution in [2.24, 2.45) is 5.92 Å². The van der Waals surface area contributed by atoms with Crippen molar-refractivity contribution in [2.75, 3.05) is 11.9 Å². The zero-order valence-electron chi connectivity index (χ0n) is 15.0. The lowest BCUT2D eigenvalue weighted by Gasteiger charge is -2.09. The molecule has 134 valence electrons. The molecule has 26 heavy (non-hydrogen) atoms. The number of aryl methyl sites for hydroxylation is 1. The second-order valence-corrected chi connectivity index (χ2v) is 6.79. The van der Waals surface area contributed by atoms with Gasteiger partial charge in [0.25, 0.3) is 5.91 Å². The Morgan fingerprint density at radius 3 is 2.58 bits per heavy atom. The number of carbonyl (C=O) groups excluding carboxylic acids is 1. The summed E-state index contributed by atoms with van der Waals surface area (Å²) in [4.78, 5) is 12.4. The van der Waals surface area contributed by atoms with E-state index in [-0.39, 0.29) is 5.57 Å². The Kier molecular flexibility index (Phi) is 6.82. The molecule has 0 radical (unpaired) electrons. The van der Waals surface area contributed by atoms with E-state index in [9.17, 15) is 10.1 Å². The van der Waals surface area contributed by atoms with Crippen molar-refractivity contribution < 1.29 is 9.53 Å². The van der Waals surface area contributed by atoms with Crippen molar-refractivity contribution in [3.8, 4) is 11.8 Å². The number of anilines is 1. The van der Waals surface area contributed by atoms with Gasteiger partial charge in [0.15, 0.2) is 0 Å². The molecule has 5 heteroatoms. The highest BCUT2D eigenvalue weighted by atomic mass is 35.5. The molecule has 4 nitrogen and oxygen atoms in total. The van der Waals surface area contributed by atoms with E-state index in [2.05, 4.69) is 19.2 Å². The molecule has 0 aliphatic rings. The van der Waals surface area contributed by atoms with E-state index in [1.54, 1.807) is 18.2 Å². The van der Waals surface area contributed by atoms with Crippen molar-refractivity contribution in [2.45, 2.75) is 20.8 Å². The monoisotopic (exact) mass is 368 g/mol. The van der Waals surface area contributed by atoms with Gasteiger partial charge in [-0.15, -0.1) is 0 Å². The first-order valence-corrected chi connectivity index (χ1v) is 8.69. The van der Waals surface area contributed by atoms with Crippen LogP contribution in [0.4, 0.5) is 5.69 Å². The van der Waals surface area contributed by atoms with E-state index >= 15 is 0 Å². The zero-order valence-corrected chi connectivity index (χ0v) is 15.8. The van der Waals surface area contributed by atoms with Gasteiger partial charge in [-0.25, -0.2) is 0 Å². The summed E-state index contributed by atoms with van der Waals surface area (Å²) in [7, 11) is 0. The highest BCUT2D eigenvalue weighted by Gasteiger charge is 2.11. The van der Waals surface area contributed by atoms with Gasteiger partial charge in [-0.3, -0.25) is 4.79 Å². The summed E-state index contributed by atoms with van der Waals surface area (Å²) in [6.07, 6.45) is 1.54. The first-order chi connectivity index (χ1) is 12.4. The van der Waals surface area contributed by atoms with Crippen LogP contribution in [0.1, 0.15) is 25.0 Å². The van der Waals surface area contributed by atoms with Crippen LogP contribution in [0, 0.1) is 24.2 Å². The fraction of sp³-hybridized carbons (Fsp3) is 0.238. The Labute approximate surface area is 159 Å². The molecule has 0 heterocycles. The van der Waals surface area contributed by atoms with Gasteiger partial charge in [-0.2, -0.15) is 5.26 Å². The Balaban J connectivity index is 2.12. The van der Waals surface area contributed by atoms with E-state index in [1.165, 1.54) is 0 Å². The maximum atomic E-state index is 12.4. The van der Waals surface area contributed by atoms with Crippen LogP contribution in [-0.2, 0) is 4.79 Å². The van der Waals surface area contributed by atoms with Crippen molar-refractivity contribution in [1.82, 2.24) is 0 Å². The Hall–Kier alpha value is -2.77. The number of rotatable bonds is 6. The molecule has 0 spiro atoms. The fourth-order valence-corrected chi connectivity index (χ4v) is 2.33. The van der Waals surface area contributed by atoms with Gasteiger partial charge in [0, 0.05) is 10.7 Å². The third-order valence-electron chi connectivity index (χ3n) is 3.59. The first kappa shape index (κ1) is 19.6. The lowest BCUT2D eigenvalue weighted by atomic mass is 10.1. The standard InChI is InChI=1S/C21H21ClN2O2/c1-14(2)13-26-19-8-5-16(6-9-19)10-17(12-23)21(25)24-20-11-18(22)7-4-15(20)3/h4-11,14H,13H2,1-3H3,(H,24,25)/b17-10+. The summed E-state index contributed by atoms with van der Waals surface area (Å²) >= 11 is 5.96. The van der Waals surface area contributed by atoms with Crippen LogP contribution in [0.25, 0.3) is 6.08 Å². The van der Waals surface area contributed by atoms with E-state index < -0.39 is 5.91 Å². The molecule has 2 aromatic carbocycles. The van der Waals surface area contributed by atoms with Crippen LogP contribution in [0.2, 0.25) is 5.02 Å². The molecule has 0 fully saturated rings. The Morgan fingerprint density at radius 2 is 1.96 bits per heavy atom. The highest BCUT2D eigenvalue weighted by molar-refractivity contribution is 6.31. The van der Waals surface area contributed by atoms with Gasteiger partial charge in [0.2, 0.25) is 0 Å². The number of ether oxygens (including phenoxy) is 1. The number of halogens is 1. The average molecular weight is 369 g/mol. The molecular formula is C21H21ClN2O2. The van der Waals surface area contributed by atoms with Gasteiger partial charge < -0.3 is 10.1 Å². The maximum absolute atomic E-state index is 12.4. The van der Waals surface area contributed by atoms with Crippen LogP contribution in [0.15, 0.2) is 48.0 Å². The lowest BCUT2D eigenvalue weighted by Crippen LogP contribution is -2.14. The van der Waals surface area contributed by atoms with Gasteiger partial charge in [0.1, 0.15) is 17.4 Å². The molecular weight excluding hydrogens is 348 g/mol. The summed E-state index contributed by atoms with van der Waals surface area (Å²) in [5.74, 6) is 0.727. The largest absolute Gasteiger partial charge is 0.493 e. The van der Waals surface area contributed by atoms with Gasteiger partial charge >= 0.3 is 0 Å². The van der Waals surface area contributed by atoms with Crippen molar-refractivity contribution >= 4 is 29.3 Å². The molecule has 1 amide bonds. The number of amides is 1. The SMILES string of the molecule is Cc1ccc(Cl)cc1NC(=O)/C(C#N)=C/c1ccc(OCC(C)C)cc1. The summed E-state index contributed by atoms with van der Waals surface area (Å²) in [5.41, 5.74) is 2.21. The normalized spacial score (nSPS) is 11.2. The lowest BCUT2D eigenvalue weighted by molar-refractivity contribution is -0.112. The smallest absolute Gasteiger partial charge is 0.266 e. The summed E-state index contributed by atoms with van der Waals surface area (Å²) in [5, 5.41) is 12.6. The van der Waals surface area contributed by atoms with Crippen LogP contribution in [-0.4, -0.2) is 12.5 Å². The minimum Gasteiger partial charge on any atom is -0.493 e. The van der Waals surface area contributed by atoms with Crippen molar-refractivity contribution in [1.29, 1.82) is 5.26 Å². The molecule has 2 aromatic rings. The second kappa shape index (κ2) is 9.07. The highest BCUT2D eigenvalue weighted by Crippen LogP contribution is 2.21. The van der Waals surface area contributed by atoms with Crippen LogP contribution >= 0.6 is 11.6 Å². The number of carbonyl (C=O) groups is 1. The Morgan fingerprint density at radius 1 is 1.27 bits per heavy atom. The number of nitriles is 1. The predicted octanol–water partition coefficient (Wildman–Crippen LogP) is 5.23. The van der Waals surface area contributed by atoms with Gasteiger partial charge in [0.05, 0.1) is 6.61 Å². The Bertz CT molecular complexity index is 849. The summed E-state index contributed by atoms with van der Waals surface area (Å²) < 4.78 is 5.63. The van der Waals surface area contributed by atoms with Gasteiger partial charge in [-0.05, 0) is 54.3 Å². The molecule has 1 N–H and O–H groups in total. The predicted molar refractivity (Wildman–Crippen MR) is 105 cm³/mol. The number of hydrogen-bond donors (Lipinski definition) is 1. The molecule has 0 aliphatic carbocycles. The maximum Gasteiger partial charge on any atom is 0.266 e. The topological polar surface area (TPSA) is 62.1 Å². The van der Waals surface area contributed by atoms with E-state index in [1.807, 2.05) is 43.3 Å². The third kappa shape index (κ3) is 5.65. The van der Waals surface area contributed by atoms with Crippen molar-refractivity contribution in [3.63, 3.8) is 0 Å². The molecule has 0 unspecified atom stereocenters. The number of nitrogens with zero attached hydrogens (tertiary/aromatic N) is 1. The third-order valence-corrected chi connectivity index (χ3v) is 3.82. The minimum absolute atomic E-state index is 0.0141. The van der Waals surface area contributed by atoms with Crippen LogP contribution < -0.4 is 10.1 Å². The van der Waals surface area contributed by atoms with E-state index in [0.29, 0.717) is 23.2 Å². The van der Waals surface area contributed by atoms with E-state index in [4.69, 9.17) is 16.3 Å². The number of benzene rings is 2. The first-order valence-electron chi connectivity index (χ1n) is 8.31. The fourth-order valence-electron chi connectivity index (χ4n) is 2.16. The molecule has 0 saturated carbocycles. The zero-order chi connectivity index (χ0) is 19.1. The van der Waals surface area contributed by atoms with Gasteiger partial charge in [-0.1, -0.05) is 43.6 Å². The molecule has 0 aromatic heterocycles. The summed E-state index contributed by atoms with van der Waals surface area (Å²) in [6.45, 7) is 6.66. The molecule has 2 rings (SSSR count). The van der Waals surface area contributed by atoms with Crippen molar-refractivity contribution in [3.05, 3.63) is 64.2 Å². The second-order valence-electron chi connectivity index (χ2n) is 6.36. The van der Waals surface area contributed by atoms with Crippen LogP contribution in [0.3, 0.4) is 0 Å². The molecule has 0 bridgehead atoms. The van der Waals surface area contributed by atoms with Crippen LogP contribution in [0.5, 0.6) is 5.75 Å². The van der Waals surface area contributed by atoms with E-state index in [0.717, 1.165) is 16.9 Å². The average Bonchev–Trinajstić information content (AvgIpc) is 2.61. The molecule has 0 aliphatic heterocycles. The quantitative estimate of drug-likeness (QED) is 0.561. The number of hydrogen-bond acceptors (Lipinski definition) is 3. The molecule has 0 atom stereocenters. The minimum atomic E-state index is -0.474. The molecule has 0 saturated heterocycles. The number of nitrogens with one attached hydrogen (secondary N) is 1.